The monoisotopic (exact) mass is 437 g/mol. The van der Waals surface area contributed by atoms with Gasteiger partial charge in [-0.05, 0) is 54.7 Å². The minimum Gasteiger partial charge on any atom is -0.497 e. The van der Waals surface area contributed by atoms with E-state index in [0.29, 0.717) is 12.8 Å². The molecular formula is C29H27NO3. The summed E-state index contributed by atoms with van der Waals surface area (Å²) in [5.74, 6) is 0.750. The average Bonchev–Trinajstić information content (AvgIpc) is 2.84. The summed E-state index contributed by atoms with van der Waals surface area (Å²) in [5.41, 5.74) is 5.72. The van der Waals surface area contributed by atoms with E-state index in [1.807, 2.05) is 67.6 Å². The summed E-state index contributed by atoms with van der Waals surface area (Å²) < 4.78 is 5.30. The van der Waals surface area contributed by atoms with Crippen LogP contribution in [-0.4, -0.2) is 18.8 Å². The van der Waals surface area contributed by atoms with Gasteiger partial charge < -0.3 is 4.74 Å². The van der Waals surface area contributed by atoms with Crippen LogP contribution >= 0.6 is 0 Å². The van der Waals surface area contributed by atoms with Gasteiger partial charge in [0.15, 0.2) is 5.78 Å². The molecule has 4 nitrogen and oxygen atoms in total. The summed E-state index contributed by atoms with van der Waals surface area (Å²) in [6.45, 7) is 2.04. The molecular weight excluding hydrogens is 410 g/mol. The molecule has 0 fully saturated rings. The second-order valence-corrected chi connectivity index (χ2v) is 8.90. The number of benzene rings is 3. The number of methoxy groups -OCH3 is 1. The van der Waals surface area contributed by atoms with Gasteiger partial charge in [0.25, 0.3) is 0 Å². The zero-order valence-corrected chi connectivity index (χ0v) is 19.0. The summed E-state index contributed by atoms with van der Waals surface area (Å²) in [7, 11) is 1.62. The largest absolute Gasteiger partial charge is 0.497 e. The zero-order valence-electron chi connectivity index (χ0n) is 19.0. The van der Waals surface area contributed by atoms with Crippen molar-refractivity contribution in [1.82, 2.24) is 0 Å². The Morgan fingerprint density at radius 3 is 2.24 bits per heavy atom. The summed E-state index contributed by atoms with van der Waals surface area (Å²) in [6.07, 6.45) is 1.41. The maximum atomic E-state index is 13.6. The van der Waals surface area contributed by atoms with Crippen molar-refractivity contribution in [1.29, 1.82) is 0 Å². The first-order valence-electron chi connectivity index (χ1n) is 11.4. The summed E-state index contributed by atoms with van der Waals surface area (Å²) in [6, 6.07) is 25.8. The number of hydrogen-bond acceptors (Lipinski definition) is 3. The minimum absolute atomic E-state index is 0.0203. The number of nitrogens with zero attached hydrogens (tertiary/aromatic N) is 1. The van der Waals surface area contributed by atoms with Crippen LogP contribution in [0, 0.1) is 6.92 Å². The Morgan fingerprint density at radius 2 is 1.55 bits per heavy atom. The fraction of sp³-hybridized carbons (Fsp3) is 0.241. The minimum atomic E-state index is -0.203. The number of carbonyl (C=O) groups excluding carboxylic acids is 2. The molecule has 0 aromatic heterocycles. The van der Waals surface area contributed by atoms with E-state index in [1.54, 1.807) is 12.0 Å². The van der Waals surface area contributed by atoms with E-state index < -0.39 is 0 Å². The van der Waals surface area contributed by atoms with Crippen molar-refractivity contribution in [2.45, 2.75) is 38.0 Å². The Labute approximate surface area is 194 Å². The Kier molecular flexibility index (Phi) is 5.59. The van der Waals surface area contributed by atoms with Crippen LogP contribution in [0.15, 0.2) is 90.1 Å². The highest BCUT2D eigenvalue weighted by atomic mass is 16.5. The van der Waals surface area contributed by atoms with Gasteiger partial charge in [-0.1, -0.05) is 60.2 Å². The predicted octanol–water partition coefficient (Wildman–Crippen LogP) is 5.92. The lowest BCUT2D eigenvalue weighted by atomic mass is 9.72. The summed E-state index contributed by atoms with van der Waals surface area (Å²) >= 11 is 0. The van der Waals surface area contributed by atoms with Gasteiger partial charge in [0, 0.05) is 35.7 Å². The number of hydrogen-bond donors (Lipinski definition) is 0. The van der Waals surface area contributed by atoms with Crippen LogP contribution in [0.3, 0.4) is 0 Å². The fourth-order valence-electron chi connectivity index (χ4n) is 5.20. The number of Topliss-reactive ketones (excluding diaryl/α,β-unsaturated/α-hetero) is 1. The third-order valence-corrected chi connectivity index (χ3v) is 6.78. The Bertz CT molecular complexity index is 1230. The number of ketones is 1. The van der Waals surface area contributed by atoms with E-state index in [9.17, 15) is 9.59 Å². The first-order valence-corrected chi connectivity index (χ1v) is 11.4. The van der Waals surface area contributed by atoms with E-state index in [4.69, 9.17) is 4.74 Å². The highest BCUT2D eigenvalue weighted by Crippen LogP contribution is 2.47. The van der Waals surface area contributed by atoms with Gasteiger partial charge in [-0.2, -0.15) is 0 Å². The number of anilines is 1. The lowest BCUT2D eigenvalue weighted by Gasteiger charge is -2.40. The van der Waals surface area contributed by atoms with Gasteiger partial charge in [0.05, 0.1) is 7.11 Å². The first kappa shape index (κ1) is 21.2. The molecule has 0 saturated carbocycles. The molecule has 33 heavy (non-hydrogen) atoms. The summed E-state index contributed by atoms with van der Waals surface area (Å²) in [5, 5.41) is 0. The number of allylic oxidation sites excluding steroid dienone is 2. The molecule has 0 radical (unpaired) electrons. The van der Waals surface area contributed by atoms with Crippen molar-refractivity contribution in [3.8, 4) is 5.75 Å². The number of carbonyl (C=O) groups is 2. The molecule has 1 aliphatic heterocycles. The zero-order chi connectivity index (χ0) is 22.9. The molecule has 0 N–H and O–H groups in total. The van der Waals surface area contributed by atoms with Crippen molar-refractivity contribution in [2.24, 2.45) is 0 Å². The van der Waals surface area contributed by atoms with Crippen molar-refractivity contribution in [3.05, 3.63) is 107 Å². The molecule has 0 spiro atoms. The Hall–Kier alpha value is -3.66. The Morgan fingerprint density at radius 1 is 0.818 bits per heavy atom. The smallest absolute Gasteiger partial charge is 0.232 e. The lowest BCUT2D eigenvalue weighted by molar-refractivity contribution is -0.120. The highest BCUT2D eigenvalue weighted by molar-refractivity contribution is 6.08. The van der Waals surface area contributed by atoms with Gasteiger partial charge in [-0.3, -0.25) is 14.5 Å². The predicted molar refractivity (Wildman–Crippen MR) is 129 cm³/mol. The van der Waals surface area contributed by atoms with Crippen LogP contribution in [0.1, 0.15) is 47.8 Å². The normalized spacial score (nSPS) is 20.6. The SMILES string of the molecule is COc1ccc(N2C(=O)CC(c3cccc(C)c3)C3=C2CC(c2ccccc2)CC3=O)cc1. The molecule has 2 atom stereocenters. The molecule has 4 heteroatoms. The molecule has 1 heterocycles. The average molecular weight is 438 g/mol. The van der Waals surface area contributed by atoms with Crippen LogP contribution in [0.25, 0.3) is 0 Å². The van der Waals surface area contributed by atoms with Crippen molar-refractivity contribution in [3.63, 3.8) is 0 Å². The fourth-order valence-corrected chi connectivity index (χ4v) is 5.20. The topological polar surface area (TPSA) is 46.6 Å². The number of amides is 1. The van der Waals surface area contributed by atoms with Gasteiger partial charge in [0.2, 0.25) is 5.91 Å². The van der Waals surface area contributed by atoms with E-state index in [-0.39, 0.29) is 29.9 Å². The number of ether oxygens (including phenoxy) is 1. The van der Waals surface area contributed by atoms with E-state index >= 15 is 0 Å². The molecule has 3 aromatic rings. The standard InChI is InChI=1S/C29H27NO3/c1-19-7-6-10-21(15-19)25-18-28(32)30(23-11-13-24(33-2)14-12-23)26-16-22(17-27(31)29(25)26)20-8-4-3-5-9-20/h3-15,22,25H,16-18H2,1-2H3. The molecule has 2 aliphatic rings. The maximum Gasteiger partial charge on any atom is 0.232 e. The van der Waals surface area contributed by atoms with Gasteiger partial charge in [0.1, 0.15) is 5.75 Å². The first-order chi connectivity index (χ1) is 16.0. The van der Waals surface area contributed by atoms with Crippen LogP contribution in [-0.2, 0) is 9.59 Å². The van der Waals surface area contributed by atoms with Crippen molar-refractivity contribution >= 4 is 17.4 Å². The molecule has 5 rings (SSSR count). The molecule has 3 aromatic carbocycles. The third kappa shape index (κ3) is 3.97. The van der Waals surface area contributed by atoms with E-state index in [1.165, 1.54) is 0 Å². The quantitative estimate of drug-likeness (QED) is 0.509. The number of aryl methyl sites for hydroxylation is 1. The van der Waals surface area contributed by atoms with Crippen LogP contribution in [0.4, 0.5) is 5.69 Å². The third-order valence-electron chi connectivity index (χ3n) is 6.78. The maximum absolute atomic E-state index is 13.6. The second kappa shape index (κ2) is 8.70. The highest BCUT2D eigenvalue weighted by Gasteiger charge is 2.42. The molecule has 0 saturated heterocycles. The van der Waals surface area contributed by atoms with Crippen LogP contribution < -0.4 is 9.64 Å². The van der Waals surface area contributed by atoms with Gasteiger partial charge in [-0.25, -0.2) is 0 Å². The van der Waals surface area contributed by atoms with Crippen LogP contribution in [0.2, 0.25) is 0 Å². The van der Waals surface area contributed by atoms with E-state index in [2.05, 4.69) is 18.2 Å². The van der Waals surface area contributed by atoms with Gasteiger partial charge in [-0.15, -0.1) is 0 Å². The molecule has 1 aliphatic carbocycles. The second-order valence-electron chi connectivity index (χ2n) is 8.90. The Balaban J connectivity index is 1.64. The molecule has 0 bridgehead atoms. The lowest BCUT2D eigenvalue weighted by Crippen LogP contribution is -2.41. The van der Waals surface area contributed by atoms with Gasteiger partial charge >= 0.3 is 0 Å². The molecule has 2 unspecified atom stereocenters. The van der Waals surface area contributed by atoms with Crippen LogP contribution in [0.5, 0.6) is 5.75 Å². The molecule has 166 valence electrons. The van der Waals surface area contributed by atoms with E-state index in [0.717, 1.165) is 39.4 Å². The van der Waals surface area contributed by atoms with Crippen molar-refractivity contribution in [2.75, 3.05) is 12.0 Å². The summed E-state index contributed by atoms with van der Waals surface area (Å²) in [4.78, 5) is 29.0. The van der Waals surface area contributed by atoms with Crippen molar-refractivity contribution < 1.29 is 14.3 Å². The molecule has 1 amide bonds. The number of rotatable bonds is 4.